The number of methoxy groups -OCH3 is 1. The van der Waals surface area contributed by atoms with Crippen molar-refractivity contribution < 1.29 is 26.5 Å². The zero-order chi connectivity index (χ0) is 10.9. The van der Waals surface area contributed by atoms with Crippen LogP contribution in [-0.4, -0.2) is 14.1 Å². The molecule has 0 spiro atoms. The fraction of sp³-hybridized carbons (Fsp3) is 0.143. The maximum Gasteiger partial charge on any atom is 0.515 e. The standard InChI is InChI=1S/C7H5BF5O/c1-14-4-2-5(9)7(6(10)3-4)8(11,12)13/h2-3H,1H3/q-1. The molecule has 0 bridgehead atoms. The molecule has 0 aliphatic carbocycles. The van der Waals surface area contributed by atoms with E-state index in [2.05, 4.69) is 4.74 Å². The molecule has 0 aliphatic heterocycles. The minimum atomic E-state index is -5.68. The highest BCUT2D eigenvalue weighted by atomic mass is 19.4. The fourth-order valence-corrected chi connectivity index (χ4v) is 0.992. The Morgan fingerprint density at radius 3 is 1.79 bits per heavy atom. The molecule has 0 N–H and O–H groups in total. The lowest BCUT2D eigenvalue weighted by Gasteiger charge is -2.17. The van der Waals surface area contributed by atoms with Crippen molar-refractivity contribution in [1.29, 1.82) is 0 Å². The summed E-state index contributed by atoms with van der Waals surface area (Å²) in [6, 6.07) is 0.987. The molecule has 7 heteroatoms. The summed E-state index contributed by atoms with van der Waals surface area (Å²) in [5.74, 6) is -3.60. The zero-order valence-electron chi connectivity index (χ0n) is 7.03. The van der Waals surface area contributed by atoms with Gasteiger partial charge < -0.3 is 17.7 Å². The van der Waals surface area contributed by atoms with Gasteiger partial charge in [-0.1, -0.05) is 0 Å². The Balaban J connectivity index is 3.33. The first kappa shape index (κ1) is 10.8. The number of ether oxygens (including phenoxy) is 1. The van der Waals surface area contributed by atoms with Crippen molar-refractivity contribution in [2.75, 3.05) is 7.11 Å². The first-order valence-electron chi connectivity index (χ1n) is 3.59. The van der Waals surface area contributed by atoms with Crippen LogP contribution in [0.1, 0.15) is 0 Å². The number of rotatable bonds is 2. The van der Waals surface area contributed by atoms with Gasteiger partial charge in [0.2, 0.25) is 0 Å². The summed E-state index contributed by atoms with van der Waals surface area (Å²) in [6.07, 6.45) is 0. The molecule has 0 aliphatic rings. The summed E-state index contributed by atoms with van der Waals surface area (Å²) in [5.41, 5.74) is -1.84. The lowest BCUT2D eigenvalue weighted by atomic mass is 9.79. The van der Waals surface area contributed by atoms with E-state index in [-0.39, 0.29) is 5.75 Å². The van der Waals surface area contributed by atoms with Gasteiger partial charge in [-0.3, -0.25) is 0 Å². The molecular weight excluding hydrogens is 206 g/mol. The van der Waals surface area contributed by atoms with E-state index in [1.54, 1.807) is 0 Å². The van der Waals surface area contributed by atoms with Gasteiger partial charge in [0.05, 0.1) is 7.11 Å². The Morgan fingerprint density at radius 2 is 1.50 bits per heavy atom. The highest BCUT2D eigenvalue weighted by Gasteiger charge is 2.32. The van der Waals surface area contributed by atoms with E-state index in [1.165, 1.54) is 0 Å². The van der Waals surface area contributed by atoms with Gasteiger partial charge in [-0.15, -0.1) is 0 Å². The second-order valence-electron chi connectivity index (χ2n) is 2.58. The Bertz CT molecular complexity index is 325. The molecule has 0 amide bonds. The van der Waals surface area contributed by atoms with E-state index >= 15 is 0 Å². The van der Waals surface area contributed by atoms with Crippen molar-refractivity contribution >= 4 is 12.4 Å². The van der Waals surface area contributed by atoms with Gasteiger partial charge in [-0.25, -0.2) is 8.78 Å². The quantitative estimate of drug-likeness (QED) is 0.537. The molecule has 0 radical (unpaired) electrons. The van der Waals surface area contributed by atoms with Crippen LogP contribution >= 0.6 is 0 Å². The average molecular weight is 211 g/mol. The van der Waals surface area contributed by atoms with Crippen molar-refractivity contribution in [3.8, 4) is 5.75 Å². The third-order valence-electron chi connectivity index (χ3n) is 1.62. The van der Waals surface area contributed by atoms with Crippen LogP contribution in [0.25, 0.3) is 0 Å². The molecule has 1 nitrogen and oxygen atoms in total. The largest absolute Gasteiger partial charge is 0.515 e. The molecule has 0 aromatic heterocycles. The number of hydrogen-bond acceptors (Lipinski definition) is 1. The summed E-state index contributed by atoms with van der Waals surface area (Å²) >= 11 is 0. The minimum absolute atomic E-state index is 0.288. The predicted molar refractivity (Wildman–Crippen MR) is 41.6 cm³/mol. The van der Waals surface area contributed by atoms with E-state index < -0.39 is 24.1 Å². The average Bonchev–Trinajstić information content (AvgIpc) is 1.99. The third kappa shape index (κ3) is 1.97. The highest BCUT2D eigenvalue weighted by molar-refractivity contribution is 6.73. The summed E-state index contributed by atoms with van der Waals surface area (Å²) in [6.45, 7) is -5.68. The highest BCUT2D eigenvalue weighted by Crippen LogP contribution is 2.19. The molecule has 1 rings (SSSR count). The summed E-state index contributed by atoms with van der Waals surface area (Å²) in [4.78, 5) is 0. The van der Waals surface area contributed by atoms with Crippen molar-refractivity contribution in [2.45, 2.75) is 0 Å². The number of halogens is 5. The topological polar surface area (TPSA) is 9.23 Å². The summed E-state index contributed by atoms with van der Waals surface area (Å²) in [5, 5.41) is 0. The van der Waals surface area contributed by atoms with Gasteiger partial charge in [0, 0.05) is 12.1 Å². The summed E-state index contributed by atoms with van der Waals surface area (Å²) in [7, 11) is 1.10. The molecule has 0 unspecified atom stereocenters. The Kier molecular flexibility index (Phi) is 2.68. The van der Waals surface area contributed by atoms with Crippen LogP contribution in [0, 0.1) is 11.6 Å². The van der Waals surface area contributed by atoms with E-state index in [0.29, 0.717) is 12.1 Å². The second kappa shape index (κ2) is 3.47. The van der Waals surface area contributed by atoms with Crippen LogP contribution in [0.5, 0.6) is 5.75 Å². The second-order valence-corrected chi connectivity index (χ2v) is 2.58. The van der Waals surface area contributed by atoms with Gasteiger partial charge >= 0.3 is 6.98 Å². The molecule has 14 heavy (non-hydrogen) atoms. The Morgan fingerprint density at radius 1 is 1.07 bits per heavy atom. The molecule has 0 heterocycles. The van der Waals surface area contributed by atoms with E-state index in [0.717, 1.165) is 7.11 Å². The first-order valence-corrected chi connectivity index (χ1v) is 3.59. The number of benzene rings is 1. The van der Waals surface area contributed by atoms with Crippen LogP contribution in [0.3, 0.4) is 0 Å². The molecule has 1 aromatic rings. The SMILES string of the molecule is COc1cc(F)c([B-](F)(F)F)c(F)c1. The molecule has 0 atom stereocenters. The van der Waals surface area contributed by atoms with Gasteiger partial charge in [-0.05, 0) is 5.46 Å². The van der Waals surface area contributed by atoms with Crippen molar-refractivity contribution in [1.82, 2.24) is 0 Å². The van der Waals surface area contributed by atoms with Gasteiger partial charge in [0.1, 0.15) is 17.4 Å². The third-order valence-corrected chi connectivity index (χ3v) is 1.62. The fourth-order valence-electron chi connectivity index (χ4n) is 0.992. The Hall–Kier alpha value is -1.27. The van der Waals surface area contributed by atoms with Crippen LogP contribution in [0.15, 0.2) is 12.1 Å². The predicted octanol–water partition coefficient (Wildman–Crippen LogP) is 2.03. The van der Waals surface area contributed by atoms with Crippen LogP contribution in [0.4, 0.5) is 21.7 Å². The minimum Gasteiger partial charge on any atom is -0.497 e. The molecule has 0 fully saturated rings. The van der Waals surface area contributed by atoms with E-state index in [4.69, 9.17) is 0 Å². The maximum atomic E-state index is 12.8. The molecule has 0 saturated heterocycles. The van der Waals surface area contributed by atoms with Crippen molar-refractivity contribution in [2.24, 2.45) is 0 Å². The van der Waals surface area contributed by atoms with Gasteiger partial charge in [0.15, 0.2) is 0 Å². The van der Waals surface area contributed by atoms with E-state index in [9.17, 15) is 21.7 Å². The molecule has 1 aromatic carbocycles. The lowest BCUT2D eigenvalue weighted by Crippen LogP contribution is -2.39. The molecule has 78 valence electrons. The normalized spacial score (nSPS) is 11.6. The monoisotopic (exact) mass is 211 g/mol. The van der Waals surface area contributed by atoms with E-state index in [1.807, 2.05) is 0 Å². The maximum absolute atomic E-state index is 12.8. The van der Waals surface area contributed by atoms with Crippen molar-refractivity contribution in [3.05, 3.63) is 23.8 Å². The first-order chi connectivity index (χ1) is 6.36. The van der Waals surface area contributed by atoms with Gasteiger partial charge in [-0.2, -0.15) is 0 Å². The molecule has 0 saturated carbocycles. The Labute approximate surface area is 76.5 Å². The summed E-state index contributed by atoms with van der Waals surface area (Å²) < 4.78 is 66.2. The molecular formula is C7H5BF5O-. The lowest BCUT2D eigenvalue weighted by molar-refractivity contribution is 0.406. The smallest absolute Gasteiger partial charge is 0.497 e. The van der Waals surface area contributed by atoms with Crippen LogP contribution in [-0.2, 0) is 0 Å². The number of hydrogen-bond donors (Lipinski definition) is 0. The van der Waals surface area contributed by atoms with Gasteiger partial charge in [0.25, 0.3) is 0 Å². The van der Waals surface area contributed by atoms with Crippen molar-refractivity contribution in [3.63, 3.8) is 0 Å². The van der Waals surface area contributed by atoms with Crippen LogP contribution < -0.4 is 10.2 Å². The zero-order valence-corrected chi connectivity index (χ0v) is 7.03. The van der Waals surface area contributed by atoms with Crippen LogP contribution in [0.2, 0.25) is 0 Å².